The lowest BCUT2D eigenvalue weighted by atomic mass is 10.1. The van der Waals surface area contributed by atoms with Gasteiger partial charge < -0.3 is 29.8 Å². The quantitative estimate of drug-likeness (QED) is 0.286. The van der Waals surface area contributed by atoms with E-state index < -0.39 is 6.29 Å². The third-order valence-corrected chi connectivity index (χ3v) is 6.73. The molecule has 1 saturated carbocycles. The van der Waals surface area contributed by atoms with Crippen molar-refractivity contribution in [2.45, 2.75) is 31.6 Å². The van der Waals surface area contributed by atoms with E-state index in [1.165, 1.54) is 12.1 Å². The van der Waals surface area contributed by atoms with E-state index in [4.69, 9.17) is 24.2 Å². The molecule has 3 N–H and O–H groups in total. The van der Waals surface area contributed by atoms with Gasteiger partial charge in [0.05, 0.1) is 49.7 Å². The van der Waals surface area contributed by atoms with Crippen LogP contribution < -0.4 is 15.4 Å². The van der Waals surface area contributed by atoms with Crippen molar-refractivity contribution in [3.05, 3.63) is 72.4 Å². The number of hydrogen-bond donors (Lipinski definition) is 3. The minimum absolute atomic E-state index is 0.0260. The Labute approximate surface area is 230 Å². The van der Waals surface area contributed by atoms with Crippen molar-refractivity contribution < 1.29 is 23.4 Å². The summed E-state index contributed by atoms with van der Waals surface area (Å²) in [4.78, 5) is 29.5. The van der Waals surface area contributed by atoms with Gasteiger partial charge in [-0.1, -0.05) is 6.07 Å². The summed E-state index contributed by atoms with van der Waals surface area (Å²) in [6.07, 6.45) is 3.50. The molecule has 2 aromatic heterocycles. The summed E-state index contributed by atoms with van der Waals surface area (Å²) in [5.74, 6) is 1.02. The second kappa shape index (κ2) is 11.4. The third kappa shape index (κ3) is 6.11. The summed E-state index contributed by atoms with van der Waals surface area (Å²) in [5.41, 5.74) is 3.35. The van der Waals surface area contributed by atoms with Crippen LogP contribution in [0.5, 0.6) is 5.75 Å². The summed E-state index contributed by atoms with van der Waals surface area (Å²) in [6.45, 7) is 0.569. The molecule has 2 aliphatic rings. The average molecular weight is 545 g/mol. The first-order valence-electron chi connectivity index (χ1n) is 13.2. The van der Waals surface area contributed by atoms with E-state index in [2.05, 4.69) is 20.6 Å². The smallest absolute Gasteiger partial charge is 0.228 e. The second-order valence-electron chi connectivity index (χ2n) is 9.82. The van der Waals surface area contributed by atoms with Crippen LogP contribution in [0.2, 0.25) is 0 Å². The summed E-state index contributed by atoms with van der Waals surface area (Å²) in [7, 11) is 1.61. The number of benzene rings is 2. The number of rotatable bonds is 9. The van der Waals surface area contributed by atoms with Gasteiger partial charge in [0.15, 0.2) is 6.29 Å². The first-order chi connectivity index (χ1) is 19.5. The fraction of sp³-hybridized carbons (Fsp3) is 0.310. The molecular formula is C29H29FN6O4. The lowest BCUT2D eigenvalue weighted by Gasteiger charge is -2.28. The lowest BCUT2D eigenvalue weighted by Crippen LogP contribution is -2.43. The zero-order valence-corrected chi connectivity index (χ0v) is 21.9. The summed E-state index contributed by atoms with van der Waals surface area (Å²) < 4.78 is 30.7. The van der Waals surface area contributed by atoms with Crippen molar-refractivity contribution >= 4 is 17.5 Å². The van der Waals surface area contributed by atoms with Gasteiger partial charge in [-0.15, -0.1) is 0 Å². The average Bonchev–Trinajstić information content (AvgIpc) is 3.70. The van der Waals surface area contributed by atoms with Gasteiger partial charge in [0.25, 0.3) is 0 Å². The van der Waals surface area contributed by atoms with Gasteiger partial charge in [-0.05, 0) is 55.3 Å². The van der Waals surface area contributed by atoms with E-state index in [0.29, 0.717) is 47.1 Å². The summed E-state index contributed by atoms with van der Waals surface area (Å²) in [5, 5.41) is 6.20. The van der Waals surface area contributed by atoms with Crippen molar-refractivity contribution in [1.29, 1.82) is 0 Å². The van der Waals surface area contributed by atoms with E-state index in [-0.39, 0.29) is 30.9 Å². The van der Waals surface area contributed by atoms with E-state index in [1.54, 1.807) is 31.5 Å². The number of hydrogen-bond acceptors (Lipinski definition) is 8. The van der Waals surface area contributed by atoms with Crippen LogP contribution in [-0.2, 0) is 20.7 Å². The van der Waals surface area contributed by atoms with Gasteiger partial charge in [0.1, 0.15) is 17.4 Å². The molecule has 0 spiro atoms. The highest BCUT2D eigenvalue weighted by Crippen LogP contribution is 2.31. The predicted molar refractivity (Wildman–Crippen MR) is 145 cm³/mol. The van der Waals surface area contributed by atoms with Crippen LogP contribution in [0.3, 0.4) is 0 Å². The largest absolute Gasteiger partial charge is 0.497 e. The number of nitrogens with one attached hydrogen (secondary N) is 3. The first kappa shape index (κ1) is 25.9. The van der Waals surface area contributed by atoms with Crippen LogP contribution >= 0.6 is 0 Å². The fourth-order valence-electron chi connectivity index (χ4n) is 4.43. The molecule has 0 atom stereocenters. The molecule has 1 saturated heterocycles. The number of aromatic amines is 1. The number of carbonyl (C=O) groups is 1. The number of methoxy groups -OCH3 is 1. The first-order valence-corrected chi connectivity index (χ1v) is 13.2. The molecule has 1 aliphatic heterocycles. The molecular weight excluding hydrogens is 515 g/mol. The molecule has 2 fully saturated rings. The number of carbonyl (C=O) groups excluding carboxylic acids is 1. The number of H-pyrrole nitrogens is 1. The van der Waals surface area contributed by atoms with Gasteiger partial charge in [-0.3, -0.25) is 4.79 Å². The molecule has 1 amide bonds. The molecule has 6 rings (SSSR count). The van der Waals surface area contributed by atoms with Crippen molar-refractivity contribution in [3.63, 3.8) is 0 Å². The predicted octanol–water partition coefficient (Wildman–Crippen LogP) is 4.24. The van der Waals surface area contributed by atoms with E-state index in [9.17, 15) is 9.18 Å². The number of ether oxygens (including phenoxy) is 3. The van der Waals surface area contributed by atoms with Crippen LogP contribution in [0.1, 0.15) is 18.7 Å². The maximum atomic E-state index is 13.7. The zero-order chi connectivity index (χ0) is 27.5. The SMILES string of the molecule is COc1cccc(Nc2nccc(-c3[nH]c(CC4OCC(C(=O)NC5CC5)CO4)nc3-c3ccc(F)cc3)n2)c1. The minimum atomic E-state index is -0.555. The van der Waals surface area contributed by atoms with Crippen molar-refractivity contribution in [2.75, 3.05) is 25.6 Å². The molecule has 10 nitrogen and oxygen atoms in total. The number of aromatic nitrogens is 4. The molecule has 206 valence electrons. The Morgan fingerprint density at radius 1 is 1.10 bits per heavy atom. The van der Waals surface area contributed by atoms with E-state index in [0.717, 1.165) is 24.1 Å². The van der Waals surface area contributed by atoms with E-state index >= 15 is 0 Å². The summed E-state index contributed by atoms with van der Waals surface area (Å²) >= 11 is 0. The van der Waals surface area contributed by atoms with Crippen LogP contribution in [-0.4, -0.2) is 58.5 Å². The monoisotopic (exact) mass is 544 g/mol. The maximum absolute atomic E-state index is 13.7. The zero-order valence-electron chi connectivity index (χ0n) is 21.9. The molecule has 2 aromatic carbocycles. The van der Waals surface area contributed by atoms with Gasteiger partial charge in [0, 0.05) is 29.6 Å². The Hall–Kier alpha value is -4.35. The minimum Gasteiger partial charge on any atom is -0.497 e. The molecule has 40 heavy (non-hydrogen) atoms. The topological polar surface area (TPSA) is 123 Å². The maximum Gasteiger partial charge on any atom is 0.228 e. The highest BCUT2D eigenvalue weighted by Gasteiger charge is 2.32. The van der Waals surface area contributed by atoms with Gasteiger partial charge in [-0.25, -0.2) is 19.3 Å². The molecule has 3 heterocycles. The number of anilines is 2. The number of nitrogens with zero attached hydrogens (tertiary/aromatic N) is 3. The highest BCUT2D eigenvalue weighted by molar-refractivity contribution is 5.79. The molecule has 0 radical (unpaired) electrons. The van der Waals surface area contributed by atoms with Crippen molar-refractivity contribution in [1.82, 2.24) is 25.3 Å². The Balaban J connectivity index is 1.22. The number of amides is 1. The fourth-order valence-corrected chi connectivity index (χ4v) is 4.43. The standard InChI is InChI=1S/C29H29FN6O4/c1-38-22-4-2-3-21(13-22)33-29-31-12-11-23(34-29)27-26(17-5-7-19(30)8-6-17)35-24(36-27)14-25-39-15-18(16-40-25)28(37)32-20-9-10-20/h2-8,11-13,18,20,25H,9-10,14-16H2,1H3,(H,32,37)(H,35,36)(H,31,33,34). The Kier molecular flexibility index (Phi) is 7.39. The molecule has 11 heteroatoms. The molecule has 0 bridgehead atoms. The van der Waals surface area contributed by atoms with Crippen molar-refractivity contribution in [3.8, 4) is 28.4 Å². The van der Waals surface area contributed by atoms with Gasteiger partial charge in [-0.2, -0.15) is 0 Å². The van der Waals surface area contributed by atoms with Gasteiger partial charge in [0.2, 0.25) is 11.9 Å². The Morgan fingerprint density at radius 3 is 2.65 bits per heavy atom. The normalized spacial score (nSPS) is 18.8. The second-order valence-corrected chi connectivity index (χ2v) is 9.82. The number of halogens is 1. The lowest BCUT2D eigenvalue weighted by molar-refractivity contribution is -0.200. The van der Waals surface area contributed by atoms with Crippen LogP contribution in [0.25, 0.3) is 22.6 Å². The van der Waals surface area contributed by atoms with E-state index in [1.807, 2.05) is 24.3 Å². The Morgan fingerprint density at radius 2 is 1.90 bits per heavy atom. The Bertz CT molecular complexity index is 1480. The molecule has 0 unspecified atom stereocenters. The molecule has 4 aromatic rings. The molecule has 1 aliphatic carbocycles. The third-order valence-electron chi connectivity index (χ3n) is 6.73. The van der Waals surface area contributed by atoms with Crippen molar-refractivity contribution in [2.24, 2.45) is 5.92 Å². The highest BCUT2D eigenvalue weighted by atomic mass is 19.1. The number of imidazole rings is 1. The van der Waals surface area contributed by atoms with Crippen LogP contribution in [0, 0.1) is 11.7 Å². The van der Waals surface area contributed by atoms with Crippen LogP contribution in [0.4, 0.5) is 16.0 Å². The summed E-state index contributed by atoms with van der Waals surface area (Å²) in [6, 6.07) is 15.7. The van der Waals surface area contributed by atoms with Crippen LogP contribution in [0.15, 0.2) is 60.8 Å². The van der Waals surface area contributed by atoms with Gasteiger partial charge >= 0.3 is 0 Å².